The molecule has 0 saturated carbocycles. The van der Waals surface area contributed by atoms with Crippen LogP contribution < -0.4 is 4.90 Å². The second-order valence-electron chi connectivity index (χ2n) is 6.05. The lowest BCUT2D eigenvalue weighted by molar-refractivity contribution is -0.128. The highest BCUT2D eigenvalue weighted by Gasteiger charge is 2.22. The van der Waals surface area contributed by atoms with Crippen molar-refractivity contribution in [3.63, 3.8) is 0 Å². The molecule has 10 heteroatoms. The highest BCUT2D eigenvalue weighted by molar-refractivity contribution is 7.99. The lowest BCUT2D eigenvalue weighted by Crippen LogP contribution is -2.49. The van der Waals surface area contributed by atoms with Crippen LogP contribution in [0.4, 0.5) is 14.6 Å². The number of carbonyl (C=O) groups excluding carboxylic acids is 1. The number of halogens is 2. The van der Waals surface area contributed by atoms with Crippen LogP contribution in [0.15, 0.2) is 35.9 Å². The summed E-state index contributed by atoms with van der Waals surface area (Å²) in [6, 6.07) is 2.11. The van der Waals surface area contributed by atoms with Gasteiger partial charge in [0.05, 0.1) is 23.0 Å². The number of fused-ring (bicyclic) bond motifs is 1. The molecule has 0 aliphatic carbocycles. The smallest absolute Gasteiger partial charge is 0.233 e. The number of hydrogen-bond acceptors (Lipinski definition) is 6. The average Bonchev–Trinajstić information content (AvgIpc) is 3.09. The van der Waals surface area contributed by atoms with Crippen LogP contribution in [-0.4, -0.2) is 62.7 Å². The van der Waals surface area contributed by atoms with Gasteiger partial charge in [-0.2, -0.15) is 0 Å². The van der Waals surface area contributed by atoms with Gasteiger partial charge in [0, 0.05) is 50.7 Å². The van der Waals surface area contributed by atoms with Crippen LogP contribution in [0.2, 0.25) is 0 Å². The Morgan fingerprint density at radius 2 is 1.93 bits per heavy atom. The first kappa shape index (κ1) is 17.7. The maximum atomic E-state index is 13.3. The summed E-state index contributed by atoms with van der Waals surface area (Å²) in [4.78, 5) is 31.7. The van der Waals surface area contributed by atoms with E-state index in [1.807, 2.05) is 0 Å². The van der Waals surface area contributed by atoms with E-state index in [1.54, 1.807) is 23.5 Å². The molecule has 1 aliphatic heterocycles. The van der Waals surface area contributed by atoms with Crippen molar-refractivity contribution in [2.75, 3.05) is 36.8 Å². The zero-order valence-corrected chi connectivity index (χ0v) is 15.0. The lowest BCUT2D eigenvalue weighted by atomic mass is 10.3. The standard InChI is InChI=1S/C17H16F2N6OS/c18-11-7-13-14(8-12(11)19)23-17(22-13)27-10-16(26)25-5-3-24(4-6-25)15-9-20-1-2-21-15/h1-2,7-9H,3-6,10H2,(H,22,23). The van der Waals surface area contributed by atoms with Gasteiger partial charge in [-0.05, 0) is 0 Å². The number of aromatic nitrogens is 4. The summed E-state index contributed by atoms with van der Waals surface area (Å²) in [6.45, 7) is 2.59. The van der Waals surface area contributed by atoms with E-state index in [0.717, 1.165) is 18.0 Å². The number of imidazole rings is 1. The number of carbonyl (C=O) groups is 1. The van der Waals surface area contributed by atoms with Gasteiger partial charge in [0.15, 0.2) is 16.8 Å². The Labute approximate surface area is 157 Å². The SMILES string of the molecule is O=C(CSc1nc2cc(F)c(F)cc2[nH]1)N1CCN(c2cnccn2)CC1. The van der Waals surface area contributed by atoms with Crippen LogP contribution in [0, 0.1) is 11.6 Å². The molecule has 0 bridgehead atoms. The minimum Gasteiger partial charge on any atom is -0.352 e. The number of hydrogen-bond donors (Lipinski definition) is 1. The number of benzene rings is 1. The molecule has 3 heterocycles. The van der Waals surface area contributed by atoms with Crippen LogP contribution in [-0.2, 0) is 4.79 Å². The molecule has 4 rings (SSSR count). The van der Waals surface area contributed by atoms with Crippen LogP contribution in [0.3, 0.4) is 0 Å². The number of anilines is 1. The molecule has 1 aromatic carbocycles. The van der Waals surface area contributed by atoms with Crippen molar-refractivity contribution < 1.29 is 13.6 Å². The molecule has 0 unspecified atom stereocenters. The molecule has 27 heavy (non-hydrogen) atoms. The van der Waals surface area contributed by atoms with Crippen LogP contribution in [0.1, 0.15) is 0 Å². The number of aromatic amines is 1. The fourth-order valence-electron chi connectivity index (χ4n) is 2.91. The summed E-state index contributed by atoms with van der Waals surface area (Å²) in [5, 5.41) is 0.460. The van der Waals surface area contributed by atoms with Gasteiger partial charge < -0.3 is 14.8 Å². The number of piperazine rings is 1. The topological polar surface area (TPSA) is 78.0 Å². The molecule has 0 atom stereocenters. The van der Waals surface area contributed by atoms with Gasteiger partial charge in [-0.3, -0.25) is 9.78 Å². The fraction of sp³-hybridized carbons (Fsp3) is 0.294. The monoisotopic (exact) mass is 390 g/mol. The summed E-state index contributed by atoms with van der Waals surface area (Å²) in [5.74, 6) is -0.865. The zero-order chi connectivity index (χ0) is 18.8. The maximum Gasteiger partial charge on any atom is 0.233 e. The predicted octanol–water partition coefficient (Wildman–Crippen LogP) is 2.07. The van der Waals surface area contributed by atoms with Crippen LogP contribution in [0.25, 0.3) is 11.0 Å². The van der Waals surface area contributed by atoms with Crippen molar-refractivity contribution in [1.29, 1.82) is 0 Å². The first-order valence-corrected chi connectivity index (χ1v) is 9.35. The molecule has 1 aliphatic rings. The Morgan fingerprint density at radius 3 is 2.67 bits per heavy atom. The summed E-state index contributed by atoms with van der Waals surface area (Å²) in [5.41, 5.74) is 0.739. The van der Waals surface area contributed by atoms with Gasteiger partial charge in [0.25, 0.3) is 0 Å². The van der Waals surface area contributed by atoms with E-state index in [0.29, 0.717) is 42.4 Å². The Kier molecular flexibility index (Phi) is 4.88. The third-order valence-electron chi connectivity index (χ3n) is 4.34. The lowest BCUT2D eigenvalue weighted by Gasteiger charge is -2.35. The molecular weight excluding hydrogens is 374 g/mol. The second-order valence-corrected chi connectivity index (χ2v) is 7.01. The minimum atomic E-state index is -0.942. The van der Waals surface area contributed by atoms with Crippen LogP contribution >= 0.6 is 11.8 Å². The van der Waals surface area contributed by atoms with E-state index >= 15 is 0 Å². The normalized spacial score (nSPS) is 14.7. The van der Waals surface area contributed by atoms with Gasteiger partial charge in [-0.25, -0.2) is 18.7 Å². The van der Waals surface area contributed by atoms with E-state index in [-0.39, 0.29) is 11.7 Å². The van der Waals surface area contributed by atoms with Crippen molar-refractivity contribution in [2.24, 2.45) is 0 Å². The third-order valence-corrected chi connectivity index (χ3v) is 5.20. The number of rotatable bonds is 4. The van der Waals surface area contributed by atoms with Crippen molar-refractivity contribution in [3.8, 4) is 0 Å². The molecule has 7 nitrogen and oxygen atoms in total. The molecule has 1 amide bonds. The summed E-state index contributed by atoms with van der Waals surface area (Å²) < 4.78 is 26.5. The molecule has 2 aromatic heterocycles. The predicted molar refractivity (Wildman–Crippen MR) is 97.6 cm³/mol. The van der Waals surface area contributed by atoms with Gasteiger partial charge in [0.1, 0.15) is 5.82 Å². The van der Waals surface area contributed by atoms with E-state index in [1.165, 1.54) is 11.8 Å². The third kappa shape index (κ3) is 3.85. The first-order valence-electron chi connectivity index (χ1n) is 8.36. The summed E-state index contributed by atoms with van der Waals surface area (Å²) in [6.07, 6.45) is 4.98. The molecule has 1 fully saturated rings. The molecule has 0 radical (unpaired) electrons. The fourth-order valence-corrected chi connectivity index (χ4v) is 3.70. The molecule has 140 valence electrons. The van der Waals surface area contributed by atoms with Crippen LogP contribution in [0.5, 0.6) is 0 Å². The van der Waals surface area contributed by atoms with Crippen molar-refractivity contribution in [3.05, 3.63) is 42.4 Å². The molecular formula is C17H16F2N6OS. The second kappa shape index (κ2) is 7.47. The number of nitrogens with one attached hydrogen (secondary N) is 1. The van der Waals surface area contributed by atoms with Gasteiger partial charge >= 0.3 is 0 Å². The first-order chi connectivity index (χ1) is 13.1. The number of thioether (sulfide) groups is 1. The zero-order valence-electron chi connectivity index (χ0n) is 14.2. The average molecular weight is 390 g/mol. The molecule has 0 spiro atoms. The largest absolute Gasteiger partial charge is 0.352 e. The highest BCUT2D eigenvalue weighted by Crippen LogP contribution is 2.22. The quantitative estimate of drug-likeness (QED) is 0.688. The Hall–Kier alpha value is -2.75. The van der Waals surface area contributed by atoms with Gasteiger partial charge in [-0.1, -0.05) is 11.8 Å². The summed E-state index contributed by atoms with van der Waals surface area (Å²) in [7, 11) is 0. The van der Waals surface area contributed by atoms with E-state index in [9.17, 15) is 13.6 Å². The molecule has 1 saturated heterocycles. The highest BCUT2D eigenvalue weighted by atomic mass is 32.2. The van der Waals surface area contributed by atoms with Gasteiger partial charge in [-0.15, -0.1) is 0 Å². The van der Waals surface area contributed by atoms with Crippen molar-refractivity contribution in [2.45, 2.75) is 5.16 Å². The molecule has 3 aromatic rings. The van der Waals surface area contributed by atoms with E-state index < -0.39 is 11.6 Å². The van der Waals surface area contributed by atoms with E-state index in [4.69, 9.17) is 0 Å². The number of amides is 1. The Bertz CT molecular complexity index is 920. The number of H-pyrrole nitrogens is 1. The molecule has 1 N–H and O–H groups in total. The van der Waals surface area contributed by atoms with Gasteiger partial charge in [0.2, 0.25) is 5.91 Å². The number of nitrogens with zero attached hydrogens (tertiary/aromatic N) is 5. The van der Waals surface area contributed by atoms with E-state index in [2.05, 4.69) is 24.8 Å². The maximum absolute atomic E-state index is 13.3. The summed E-state index contributed by atoms with van der Waals surface area (Å²) >= 11 is 1.22. The van der Waals surface area contributed by atoms with Crippen molar-refractivity contribution >= 4 is 34.5 Å². The van der Waals surface area contributed by atoms with Crippen molar-refractivity contribution in [1.82, 2.24) is 24.8 Å². The minimum absolute atomic E-state index is 0.00314. The Morgan fingerprint density at radius 1 is 1.15 bits per heavy atom. The Balaban J connectivity index is 1.32.